The zero-order valence-corrected chi connectivity index (χ0v) is 11.5. The number of sulfonamides is 1. The van der Waals surface area contributed by atoms with E-state index >= 15 is 0 Å². The number of anilines is 1. The first-order valence-electron chi connectivity index (χ1n) is 6.53. The molecule has 0 saturated heterocycles. The third-order valence-corrected chi connectivity index (χ3v) is 5.42. The summed E-state index contributed by atoms with van der Waals surface area (Å²) in [6, 6.07) is 4.31. The molecule has 106 valence electrons. The van der Waals surface area contributed by atoms with Gasteiger partial charge < -0.3 is 5.73 Å². The van der Waals surface area contributed by atoms with Gasteiger partial charge in [-0.25, -0.2) is 12.8 Å². The van der Waals surface area contributed by atoms with Crippen molar-refractivity contribution in [3.05, 3.63) is 29.6 Å². The maximum absolute atomic E-state index is 13.6. The highest BCUT2D eigenvalue weighted by Crippen LogP contribution is 2.27. The van der Waals surface area contributed by atoms with E-state index in [1.165, 1.54) is 12.1 Å². The van der Waals surface area contributed by atoms with Gasteiger partial charge in [0.15, 0.2) is 0 Å². The molecule has 0 bridgehead atoms. The van der Waals surface area contributed by atoms with Crippen LogP contribution in [0.3, 0.4) is 0 Å². The maximum atomic E-state index is 13.6. The van der Waals surface area contributed by atoms with E-state index in [2.05, 4.69) is 4.72 Å². The summed E-state index contributed by atoms with van der Waals surface area (Å²) in [5, 5.41) is -0.379. The lowest BCUT2D eigenvalue weighted by atomic mass is 10.0. The lowest BCUT2D eigenvalue weighted by molar-refractivity contribution is 0.486. The highest BCUT2D eigenvalue weighted by Gasteiger charge is 2.27. The SMILES string of the molecule is NCc1c(F)cccc1NS(=O)(=O)C1CCCCC1. The van der Waals surface area contributed by atoms with Crippen LogP contribution in [0.4, 0.5) is 10.1 Å². The lowest BCUT2D eigenvalue weighted by Crippen LogP contribution is -2.30. The fourth-order valence-electron chi connectivity index (χ4n) is 2.47. The zero-order chi connectivity index (χ0) is 13.9. The molecule has 1 aliphatic carbocycles. The molecule has 19 heavy (non-hydrogen) atoms. The van der Waals surface area contributed by atoms with Crippen LogP contribution in [0.5, 0.6) is 0 Å². The van der Waals surface area contributed by atoms with Crippen LogP contribution in [0.1, 0.15) is 37.7 Å². The van der Waals surface area contributed by atoms with Gasteiger partial charge in [0, 0.05) is 12.1 Å². The number of halogens is 1. The predicted molar refractivity (Wildman–Crippen MR) is 73.7 cm³/mol. The number of benzene rings is 1. The van der Waals surface area contributed by atoms with Gasteiger partial charge in [-0.1, -0.05) is 25.3 Å². The molecule has 0 amide bonds. The minimum absolute atomic E-state index is 0.0325. The topological polar surface area (TPSA) is 72.2 Å². The molecule has 1 aromatic rings. The molecule has 0 aromatic heterocycles. The maximum Gasteiger partial charge on any atom is 0.235 e. The molecule has 0 spiro atoms. The van der Waals surface area contributed by atoms with E-state index < -0.39 is 15.8 Å². The van der Waals surface area contributed by atoms with Crippen LogP contribution < -0.4 is 10.5 Å². The van der Waals surface area contributed by atoms with E-state index in [9.17, 15) is 12.8 Å². The summed E-state index contributed by atoms with van der Waals surface area (Å²) >= 11 is 0. The molecule has 1 aromatic carbocycles. The quantitative estimate of drug-likeness (QED) is 0.892. The van der Waals surface area contributed by atoms with Gasteiger partial charge in [-0.3, -0.25) is 4.72 Å². The van der Waals surface area contributed by atoms with Gasteiger partial charge in [0.2, 0.25) is 10.0 Å². The molecule has 0 unspecified atom stereocenters. The molecular formula is C13H19FN2O2S. The molecule has 4 nitrogen and oxygen atoms in total. The highest BCUT2D eigenvalue weighted by molar-refractivity contribution is 7.93. The van der Waals surface area contributed by atoms with E-state index in [4.69, 9.17) is 5.73 Å². The van der Waals surface area contributed by atoms with Crippen molar-refractivity contribution in [3.63, 3.8) is 0 Å². The fraction of sp³-hybridized carbons (Fsp3) is 0.538. The number of nitrogens with two attached hydrogens (primary N) is 1. The van der Waals surface area contributed by atoms with Crippen molar-refractivity contribution in [3.8, 4) is 0 Å². The first kappa shape index (κ1) is 14.3. The van der Waals surface area contributed by atoms with Crippen molar-refractivity contribution in [1.82, 2.24) is 0 Å². The summed E-state index contributed by atoms with van der Waals surface area (Å²) in [5.41, 5.74) is 5.94. The molecule has 0 aliphatic heterocycles. The first-order chi connectivity index (χ1) is 9.04. The van der Waals surface area contributed by atoms with Crippen molar-refractivity contribution in [2.24, 2.45) is 5.73 Å². The van der Waals surface area contributed by atoms with Crippen molar-refractivity contribution in [2.45, 2.75) is 43.9 Å². The smallest absolute Gasteiger partial charge is 0.235 e. The highest BCUT2D eigenvalue weighted by atomic mass is 32.2. The Balaban J connectivity index is 2.22. The zero-order valence-electron chi connectivity index (χ0n) is 10.7. The number of hydrogen-bond acceptors (Lipinski definition) is 3. The summed E-state index contributed by atoms with van der Waals surface area (Å²) in [6.45, 7) is -0.0325. The molecule has 0 radical (unpaired) electrons. The van der Waals surface area contributed by atoms with Crippen LogP contribution in [0.15, 0.2) is 18.2 Å². The Kier molecular flexibility index (Phi) is 4.42. The van der Waals surface area contributed by atoms with Gasteiger partial charge in [-0.2, -0.15) is 0 Å². The summed E-state index contributed by atoms with van der Waals surface area (Å²) in [4.78, 5) is 0. The Bertz CT molecular complexity index is 540. The first-order valence-corrected chi connectivity index (χ1v) is 8.08. The predicted octanol–water partition coefficient (Wildman–Crippen LogP) is 2.36. The van der Waals surface area contributed by atoms with E-state index in [0.29, 0.717) is 12.8 Å². The molecule has 0 atom stereocenters. The van der Waals surface area contributed by atoms with Gasteiger partial charge in [-0.15, -0.1) is 0 Å². The van der Waals surface area contributed by atoms with Crippen LogP contribution in [-0.2, 0) is 16.6 Å². The van der Waals surface area contributed by atoms with Crippen LogP contribution in [-0.4, -0.2) is 13.7 Å². The number of hydrogen-bond donors (Lipinski definition) is 2. The van der Waals surface area contributed by atoms with E-state index in [-0.39, 0.29) is 23.0 Å². The second-order valence-corrected chi connectivity index (χ2v) is 6.84. The molecule has 2 rings (SSSR count). The summed E-state index contributed by atoms with van der Waals surface area (Å²) < 4.78 is 40.6. The molecule has 0 heterocycles. The Morgan fingerprint density at radius 3 is 2.58 bits per heavy atom. The van der Waals surface area contributed by atoms with Crippen LogP contribution in [0, 0.1) is 5.82 Å². The summed E-state index contributed by atoms with van der Waals surface area (Å²) in [7, 11) is -3.46. The van der Waals surface area contributed by atoms with E-state index in [1.807, 2.05) is 0 Å². The minimum Gasteiger partial charge on any atom is -0.326 e. The summed E-state index contributed by atoms with van der Waals surface area (Å²) in [6.07, 6.45) is 4.28. The lowest BCUT2D eigenvalue weighted by Gasteiger charge is -2.23. The van der Waals surface area contributed by atoms with Crippen molar-refractivity contribution < 1.29 is 12.8 Å². The Morgan fingerprint density at radius 2 is 1.95 bits per heavy atom. The van der Waals surface area contributed by atoms with Gasteiger partial charge in [0.05, 0.1) is 10.9 Å². The number of nitrogens with one attached hydrogen (secondary N) is 1. The monoisotopic (exact) mass is 286 g/mol. The van der Waals surface area contributed by atoms with Gasteiger partial charge in [0.1, 0.15) is 5.82 Å². The van der Waals surface area contributed by atoms with Crippen molar-refractivity contribution in [2.75, 3.05) is 4.72 Å². The molecule has 1 fully saturated rings. The Labute approximate surface area is 113 Å². The standard InChI is InChI=1S/C13H19FN2O2S/c14-12-7-4-8-13(11(12)9-15)16-19(17,18)10-5-2-1-3-6-10/h4,7-8,10,16H,1-3,5-6,9,15H2. The third-order valence-electron chi connectivity index (χ3n) is 3.57. The normalized spacial score (nSPS) is 17.4. The fourth-order valence-corrected chi connectivity index (χ4v) is 4.09. The minimum atomic E-state index is -3.46. The second kappa shape index (κ2) is 5.88. The van der Waals surface area contributed by atoms with Gasteiger partial charge >= 0.3 is 0 Å². The molecule has 3 N–H and O–H groups in total. The molecule has 1 saturated carbocycles. The average Bonchev–Trinajstić information content (AvgIpc) is 2.40. The van der Waals surface area contributed by atoms with Gasteiger partial charge in [-0.05, 0) is 25.0 Å². The third kappa shape index (κ3) is 3.25. The van der Waals surface area contributed by atoms with E-state index in [1.54, 1.807) is 6.07 Å². The summed E-state index contributed by atoms with van der Waals surface area (Å²) in [5.74, 6) is -0.480. The van der Waals surface area contributed by atoms with E-state index in [0.717, 1.165) is 19.3 Å². The molecular weight excluding hydrogens is 267 g/mol. The van der Waals surface area contributed by atoms with Crippen LogP contribution in [0.25, 0.3) is 0 Å². The van der Waals surface area contributed by atoms with Gasteiger partial charge in [0.25, 0.3) is 0 Å². The molecule has 1 aliphatic rings. The molecule has 6 heteroatoms. The largest absolute Gasteiger partial charge is 0.326 e. The second-order valence-electron chi connectivity index (χ2n) is 4.88. The van der Waals surface area contributed by atoms with Crippen molar-refractivity contribution >= 4 is 15.7 Å². The average molecular weight is 286 g/mol. The van der Waals surface area contributed by atoms with Crippen molar-refractivity contribution in [1.29, 1.82) is 0 Å². The van der Waals surface area contributed by atoms with Crippen LogP contribution in [0.2, 0.25) is 0 Å². The Hall–Kier alpha value is -1.14. The van der Waals surface area contributed by atoms with Crippen LogP contribution >= 0.6 is 0 Å². The Morgan fingerprint density at radius 1 is 1.26 bits per heavy atom. The number of rotatable bonds is 4.